The van der Waals surface area contributed by atoms with E-state index in [4.69, 9.17) is 10.2 Å². The van der Waals surface area contributed by atoms with Crippen molar-refractivity contribution in [3.63, 3.8) is 0 Å². The van der Waals surface area contributed by atoms with E-state index < -0.39 is 5.97 Å². The molecule has 0 aliphatic rings. The topological polar surface area (TPSA) is 86.6 Å². The fraction of sp³-hybridized carbons (Fsp3) is 0.294. The van der Waals surface area contributed by atoms with E-state index in [1.807, 2.05) is 6.92 Å². The van der Waals surface area contributed by atoms with Crippen LogP contribution >= 0.6 is 0 Å². The highest BCUT2D eigenvalue weighted by atomic mass is 16.4. The number of hydrogen-bond donors (Lipinski definition) is 3. The number of aromatic carboxylic acids is 1. The van der Waals surface area contributed by atoms with Crippen molar-refractivity contribution >= 4 is 22.6 Å². The summed E-state index contributed by atoms with van der Waals surface area (Å²) in [4.78, 5) is 23.1. The van der Waals surface area contributed by atoms with Crippen molar-refractivity contribution in [1.29, 1.82) is 0 Å². The second-order valence-electron chi connectivity index (χ2n) is 5.25. The zero-order valence-electron chi connectivity index (χ0n) is 12.4. The van der Waals surface area contributed by atoms with Gasteiger partial charge in [-0.3, -0.25) is 4.79 Å². The van der Waals surface area contributed by atoms with Crippen LogP contribution in [0.15, 0.2) is 36.4 Å². The molecule has 1 amide bonds. The average molecular weight is 301 g/mol. The molecule has 2 aromatic rings. The number of nitrogens with one attached hydrogen (secondary N) is 1. The van der Waals surface area contributed by atoms with Crippen LogP contribution in [0.1, 0.15) is 34.1 Å². The van der Waals surface area contributed by atoms with E-state index in [1.165, 1.54) is 6.07 Å². The zero-order chi connectivity index (χ0) is 16.1. The quantitative estimate of drug-likeness (QED) is 0.764. The molecule has 2 rings (SSSR count). The minimum Gasteiger partial charge on any atom is -0.478 e. The highest BCUT2D eigenvalue weighted by Gasteiger charge is 2.10. The van der Waals surface area contributed by atoms with Crippen molar-refractivity contribution in [2.75, 3.05) is 13.2 Å². The molecule has 0 aliphatic carbocycles. The summed E-state index contributed by atoms with van der Waals surface area (Å²) >= 11 is 0. The number of fused-ring (bicyclic) bond motifs is 1. The Morgan fingerprint density at radius 1 is 1.09 bits per heavy atom. The lowest BCUT2D eigenvalue weighted by molar-refractivity contribution is 0.0696. The van der Waals surface area contributed by atoms with Gasteiger partial charge in [0.25, 0.3) is 5.91 Å². The van der Waals surface area contributed by atoms with Crippen molar-refractivity contribution in [2.45, 2.75) is 13.3 Å². The second kappa shape index (κ2) is 7.04. The Bertz CT molecular complexity index is 692. The second-order valence-corrected chi connectivity index (χ2v) is 5.25. The molecule has 0 radical (unpaired) electrons. The minimum atomic E-state index is -0.974. The maximum Gasteiger partial charge on any atom is 0.335 e. The van der Waals surface area contributed by atoms with E-state index in [0.29, 0.717) is 12.1 Å². The predicted octanol–water partition coefficient (Wildman–Crippen LogP) is 2.29. The number of aliphatic hydroxyl groups excluding tert-OH is 1. The molecule has 0 spiro atoms. The van der Waals surface area contributed by atoms with E-state index >= 15 is 0 Å². The first-order valence-corrected chi connectivity index (χ1v) is 7.21. The number of amides is 1. The number of carboxylic acid groups (broad SMARTS) is 1. The van der Waals surface area contributed by atoms with Crippen molar-refractivity contribution in [3.8, 4) is 0 Å². The predicted molar refractivity (Wildman–Crippen MR) is 84.1 cm³/mol. The molecule has 2 aromatic carbocycles. The number of carbonyl (C=O) groups excluding carboxylic acids is 1. The summed E-state index contributed by atoms with van der Waals surface area (Å²) in [5.41, 5.74) is 0.738. The molecular weight excluding hydrogens is 282 g/mol. The largest absolute Gasteiger partial charge is 0.478 e. The Balaban J connectivity index is 2.17. The summed E-state index contributed by atoms with van der Waals surface area (Å²) < 4.78 is 0. The molecule has 3 N–H and O–H groups in total. The first-order chi connectivity index (χ1) is 10.5. The molecule has 0 saturated heterocycles. The Morgan fingerprint density at radius 3 is 2.23 bits per heavy atom. The number of carboxylic acids is 1. The Kier molecular flexibility index (Phi) is 5.12. The van der Waals surface area contributed by atoms with Gasteiger partial charge in [0, 0.05) is 18.7 Å². The number of hydrogen-bond acceptors (Lipinski definition) is 3. The molecule has 22 heavy (non-hydrogen) atoms. The van der Waals surface area contributed by atoms with Crippen LogP contribution in [0.2, 0.25) is 0 Å². The van der Waals surface area contributed by atoms with Crippen LogP contribution in [-0.2, 0) is 0 Å². The van der Waals surface area contributed by atoms with Gasteiger partial charge in [0.1, 0.15) is 0 Å². The summed E-state index contributed by atoms with van der Waals surface area (Å²) in [6, 6.07) is 9.93. The van der Waals surface area contributed by atoms with Crippen LogP contribution in [0.3, 0.4) is 0 Å². The molecule has 0 fully saturated rings. The van der Waals surface area contributed by atoms with Gasteiger partial charge in [0.05, 0.1) is 5.56 Å². The van der Waals surface area contributed by atoms with E-state index in [1.54, 1.807) is 30.3 Å². The maximum absolute atomic E-state index is 12.1. The molecular formula is C17H19NO4. The lowest BCUT2D eigenvalue weighted by atomic mass is 10.0. The van der Waals surface area contributed by atoms with Gasteiger partial charge in [-0.2, -0.15) is 0 Å². The van der Waals surface area contributed by atoms with E-state index in [9.17, 15) is 9.59 Å². The molecule has 0 bridgehead atoms. The molecule has 1 unspecified atom stereocenters. The average Bonchev–Trinajstić information content (AvgIpc) is 2.54. The van der Waals surface area contributed by atoms with Crippen LogP contribution < -0.4 is 5.32 Å². The summed E-state index contributed by atoms with van der Waals surface area (Å²) in [6.07, 6.45) is 0.798. The Labute approximate surface area is 128 Å². The van der Waals surface area contributed by atoms with Gasteiger partial charge in [0.15, 0.2) is 0 Å². The molecule has 0 aromatic heterocycles. The number of benzene rings is 2. The fourth-order valence-electron chi connectivity index (χ4n) is 2.20. The first kappa shape index (κ1) is 16.0. The molecule has 1 atom stereocenters. The Hall–Kier alpha value is -2.40. The molecule has 0 aliphatic heterocycles. The molecule has 116 valence electrons. The van der Waals surface area contributed by atoms with E-state index in [0.717, 1.165) is 17.2 Å². The maximum atomic E-state index is 12.1. The van der Waals surface area contributed by atoms with Gasteiger partial charge in [-0.05, 0) is 47.4 Å². The van der Waals surface area contributed by atoms with Gasteiger partial charge in [-0.25, -0.2) is 4.79 Å². The minimum absolute atomic E-state index is 0.0481. The first-order valence-electron chi connectivity index (χ1n) is 7.21. The lowest BCUT2D eigenvalue weighted by Gasteiger charge is -2.12. The molecule has 0 heterocycles. The van der Waals surface area contributed by atoms with Crippen molar-refractivity contribution in [3.05, 3.63) is 47.5 Å². The smallest absolute Gasteiger partial charge is 0.335 e. The van der Waals surface area contributed by atoms with Gasteiger partial charge < -0.3 is 15.5 Å². The van der Waals surface area contributed by atoms with Crippen LogP contribution in [0.4, 0.5) is 0 Å². The normalized spacial score (nSPS) is 12.1. The standard InChI is InChI=1S/C17H19NO4/c1-2-11(10-19)9-18-16(20)14-5-3-13-8-15(17(21)22)6-4-12(13)7-14/h3-8,11,19H,2,9-10H2,1H3,(H,18,20)(H,21,22). The lowest BCUT2D eigenvalue weighted by Crippen LogP contribution is -2.30. The highest BCUT2D eigenvalue weighted by Crippen LogP contribution is 2.18. The van der Waals surface area contributed by atoms with Gasteiger partial charge in [0.2, 0.25) is 0 Å². The SMILES string of the molecule is CCC(CO)CNC(=O)c1ccc2cc(C(=O)O)ccc2c1. The van der Waals surface area contributed by atoms with Crippen LogP contribution in [0, 0.1) is 5.92 Å². The number of rotatable bonds is 6. The van der Waals surface area contributed by atoms with Crippen LogP contribution in [-0.4, -0.2) is 35.2 Å². The highest BCUT2D eigenvalue weighted by molar-refractivity contribution is 6.00. The Morgan fingerprint density at radius 2 is 1.68 bits per heavy atom. The van der Waals surface area contributed by atoms with Crippen LogP contribution in [0.5, 0.6) is 0 Å². The summed E-state index contributed by atoms with van der Waals surface area (Å²) in [5, 5.41) is 22.5. The number of aliphatic hydroxyl groups is 1. The monoisotopic (exact) mass is 301 g/mol. The zero-order valence-corrected chi connectivity index (χ0v) is 12.4. The third-order valence-corrected chi connectivity index (χ3v) is 3.74. The van der Waals surface area contributed by atoms with Gasteiger partial charge in [-0.1, -0.05) is 19.1 Å². The van der Waals surface area contributed by atoms with Crippen LogP contribution in [0.25, 0.3) is 10.8 Å². The summed E-state index contributed by atoms with van der Waals surface area (Å²) in [6.45, 7) is 2.44. The van der Waals surface area contributed by atoms with Crippen molar-refractivity contribution in [1.82, 2.24) is 5.32 Å². The fourth-order valence-corrected chi connectivity index (χ4v) is 2.20. The van der Waals surface area contributed by atoms with Gasteiger partial charge in [-0.15, -0.1) is 0 Å². The molecule has 5 nitrogen and oxygen atoms in total. The van der Waals surface area contributed by atoms with Crippen molar-refractivity contribution < 1.29 is 19.8 Å². The summed E-state index contributed by atoms with van der Waals surface area (Å²) in [5.74, 6) is -1.11. The van der Waals surface area contributed by atoms with E-state index in [2.05, 4.69) is 5.32 Å². The molecule has 0 saturated carbocycles. The van der Waals surface area contributed by atoms with Crippen molar-refractivity contribution in [2.24, 2.45) is 5.92 Å². The summed E-state index contributed by atoms with van der Waals surface area (Å²) in [7, 11) is 0. The number of carbonyl (C=O) groups is 2. The third kappa shape index (κ3) is 3.62. The molecule has 5 heteroatoms. The third-order valence-electron chi connectivity index (χ3n) is 3.74. The van der Waals surface area contributed by atoms with Gasteiger partial charge >= 0.3 is 5.97 Å². The van der Waals surface area contributed by atoms with E-state index in [-0.39, 0.29) is 24.0 Å².